The Kier molecular flexibility index (Phi) is 50.1. The Hall–Kier alpha value is -1.02. The molecule has 3 N–H and O–H groups in total. The van der Waals surface area contributed by atoms with Crippen LogP contribution in [0.15, 0.2) is 24.3 Å². The highest BCUT2D eigenvalue weighted by Gasteiger charge is 2.25. The van der Waals surface area contributed by atoms with Crippen molar-refractivity contribution in [1.82, 2.24) is 0 Å². The van der Waals surface area contributed by atoms with E-state index >= 15 is 0 Å². The van der Waals surface area contributed by atoms with Gasteiger partial charge in [-0.2, -0.15) is 0 Å². The van der Waals surface area contributed by atoms with Crippen LogP contribution >= 0.6 is 7.82 Å². The number of phosphoric ester groups is 1. The zero-order valence-corrected chi connectivity index (χ0v) is 42.0. The van der Waals surface area contributed by atoms with Crippen molar-refractivity contribution in [1.29, 1.82) is 0 Å². The summed E-state index contributed by atoms with van der Waals surface area (Å²) in [5.74, 6) is -0.326. The van der Waals surface area contributed by atoms with Gasteiger partial charge in [0.25, 0.3) is 0 Å². The first-order valence-corrected chi connectivity index (χ1v) is 28.3. The molecule has 0 aromatic heterocycles. The molecule has 2 atom stereocenters. The molecule has 0 aliphatic heterocycles. The van der Waals surface area contributed by atoms with E-state index in [1.165, 1.54) is 218 Å². The molecule has 0 spiro atoms. The minimum absolute atomic E-state index is 0.0937. The minimum Gasteiger partial charge on any atom is -0.457 e. The normalized spacial score (nSPS) is 13.4. The van der Waals surface area contributed by atoms with Crippen LogP contribution in [0.25, 0.3) is 0 Å². The first kappa shape index (κ1) is 61.0. The highest BCUT2D eigenvalue weighted by atomic mass is 31.2. The quantitative estimate of drug-likeness (QED) is 0.0268. The van der Waals surface area contributed by atoms with E-state index in [-0.39, 0.29) is 32.3 Å². The number of unbranched alkanes of at least 4 members (excludes halogenated alkanes) is 35. The summed E-state index contributed by atoms with van der Waals surface area (Å²) in [6.07, 6.45) is 59.3. The van der Waals surface area contributed by atoms with Crippen molar-refractivity contribution < 1.29 is 32.8 Å². The zero-order valence-electron chi connectivity index (χ0n) is 41.1. The van der Waals surface area contributed by atoms with Crippen LogP contribution in [0.5, 0.6) is 0 Å². The van der Waals surface area contributed by atoms with E-state index < -0.39 is 13.9 Å². The van der Waals surface area contributed by atoms with Crippen LogP contribution in [0.4, 0.5) is 0 Å². The predicted molar refractivity (Wildman–Crippen MR) is 266 cm³/mol. The molecule has 0 bridgehead atoms. The molecule has 0 aromatic rings. The van der Waals surface area contributed by atoms with Crippen LogP contribution < -0.4 is 5.73 Å². The van der Waals surface area contributed by atoms with Crippen molar-refractivity contribution >= 4 is 13.8 Å². The summed E-state index contributed by atoms with van der Waals surface area (Å²) in [6, 6.07) is 0. The summed E-state index contributed by atoms with van der Waals surface area (Å²) in [6.45, 7) is 4.97. The summed E-state index contributed by atoms with van der Waals surface area (Å²) < 4.78 is 33.6. The number of carbonyl (C=O) groups excluding carboxylic acids is 1. The standard InChI is InChI=1S/C53H104NO7P/c1-3-5-7-9-11-13-15-17-19-21-23-25-26-27-28-30-32-34-36-38-40-42-44-46-53(55)61-52(51-60-62(56,57)59-49-47-54)50-58-48-45-43-41-39-37-35-33-31-29-24-22-20-18-16-14-12-10-8-6-4-2/h18,20-21,23,52H,3-17,19,22,24-51,54H2,1-2H3,(H,56,57)/b20-18-,23-21-. The van der Waals surface area contributed by atoms with Gasteiger partial charge in [-0.3, -0.25) is 13.8 Å². The lowest BCUT2D eigenvalue weighted by Crippen LogP contribution is -2.28. The predicted octanol–water partition coefficient (Wildman–Crippen LogP) is 16.8. The Labute approximate surface area is 385 Å². The highest BCUT2D eigenvalue weighted by Crippen LogP contribution is 2.43. The molecule has 368 valence electrons. The van der Waals surface area contributed by atoms with E-state index in [9.17, 15) is 14.3 Å². The fourth-order valence-corrected chi connectivity index (χ4v) is 8.64. The van der Waals surface area contributed by atoms with Crippen LogP contribution in [0, 0.1) is 0 Å². The monoisotopic (exact) mass is 898 g/mol. The molecule has 0 aliphatic carbocycles. The Morgan fingerprint density at radius 2 is 0.806 bits per heavy atom. The van der Waals surface area contributed by atoms with E-state index in [2.05, 4.69) is 38.2 Å². The molecule has 0 heterocycles. The third-order valence-corrected chi connectivity index (χ3v) is 12.8. The van der Waals surface area contributed by atoms with E-state index in [0.29, 0.717) is 13.0 Å². The van der Waals surface area contributed by atoms with Crippen molar-refractivity contribution in [3.63, 3.8) is 0 Å². The number of phosphoric acid groups is 1. The fraction of sp³-hybridized carbons (Fsp3) is 0.906. The van der Waals surface area contributed by atoms with Gasteiger partial charge in [-0.05, 0) is 64.2 Å². The molecule has 0 saturated carbocycles. The van der Waals surface area contributed by atoms with Crippen LogP contribution in [0.3, 0.4) is 0 Å². The Bertz CT molecular complexity index is 1010. The Morgan fingerprint density at radius 3 is 1.18 bits per heavy atom. The average Bonchev–Trinajstić information content (AvgIpc) is 3.26. The number of allylic oxidation sites excluding steroid dienone is 4. The third kappa shape index (κ3) is 50.0. The van der Waals surface area contributed by atoms with Gasteiger partial charge in [-0.25, -0.2) is 4.57 Å². The number of hydrogen-bond donors (Lipinski definition) is 2. The average molecular weight is 898 g/mol. The van der Waals surface area contributed by atoms with E-state index in [4.69, 9.17) is 24.3 Å². The second-order valence-electron chi connectivity index (χ2n) is 18.1. The highest BCUT2D eigenvalue weighted by molar-refractivity contribution is 7.47. The van der Waals surface area contributed by atoms with Gasteiger partial charge in [0.15, 0.2) is 0 Å². The minimum atomic E-state index is -4.28. The second kappa shape index (κ2) is 51.0. The molecule has 0 rings (SSSR count). The SMILES string of the molecule is CCCCCCCC/C=C\CCCCCCCCCCCCOCC(COP(=O)(O)OCCN)OC(=O)CCCCCCCCCCCCC/C=C\CCCCCCCCCC. The number of ether oxygens (including phenoxy) is 2. The molecule has 0 aliphatic rings. The maximum atomic E-state index is 12.7. The topological polar surface area (TPSA) is 117 Å². The Morgan fingerprint density at radius 1 is 0.468 bits per heavy atom. The number of nitrogens with two attached hydrogens (primary N) is 1. The van der Waals surface area contributed by atoms with Crippen LogP contribution in [-0.4, -0.2) is 49.9 Å². The fourth-order valence-electron chi connectivity index (χ4n) is 7.87. The maximum Gasteiger partial charge on any atom is 0.472 e. The first-order valence-electron chi connectivity index (χ1n) is 26.8. The number of carbonyl (C=O) groups is 1. The number of hydrogen-bond acceptors (Lipinski definition) is 7. The van der Waals surface area contributed by atoms with Gasteiger partial charge in [0.1, 0.15) is 6.10 Å². The van der Waals surface area contributed by atoms with Gasteiger partial charge in [-0.15, -0.1) is 0 Å². The lowest BCUT2D eigenvalue weighted by Gasteiger charge is -2.20. The summed E-state index contributed by atoms with van der Waals surface area (Å²) in [4.78, 5) is 22.6. The van der Waals surface area contributed by atoms with Crippen LogP contribution in [-0.2, 0) is 27.9 Å². The van der Waals surface area contributed by atoms with Crippen molar-refractivity contribution in [2.24, 2.45) is 5.73 Å². The largest absolute Gasteiger partial charge is 0.472 e. The molecule has 9 heteroatoms. The van der Waals surface area contributed by atoms with Crippen LogP contribution in [0.2, 0.25) is 0 Å². The second-order valence-corrected chi connectivity index (χ2v) is 19.5. The molecule has 0 saturated heterocycles. The lowest BCUT2D eigenvalue weighted by atomic mass is 10.0. The number of rotatable bonds is 52. The van der Waals surface area contributed by atoms with Crippen molar-refractivity contribution in [3.05, 3.63) is 24.3 Å². The van der Waals surface area contributed by atoms with E-state index in [1.807, 2.05) is 0 Å². The maximum absolute atomic E-state index is 12.7. The van der Waals surface area contributed by atoms with Crippen molar-refractivity contribution in [3.8, 4) is 0 Å². The van der Waals surface area contributed by atoms with Crippen molar-refractivity contribution in [2.45, 2.75) is 277 Å². The molecule has 2 unspecified atom stereocenters. The zero-order chi connectivity index (χ0) is 45.1. The van der Waals surface area contributed by atoms with Crippen molar-refractivity contribution in [2.75, 3.05) is 33.0 Å². The molecule has 0 aromatic carbocycles. The molecule has 0 radical (unpaired) electrons. The van der Waals surface area contributed by atoms with Gasteiger partial charge in [0, 0.05) is 19.6 Å². The van der Waals surface area contributed by atoms with Gasteiger partial charge < -0.3 is 20.1 Å². The van der Waals surface area contributed by atoms with Gasteiger partial charge in [-0.1, -0.05) is 224 Å². The Balaban J connectivity index is 3.89. The smallest absolute Gasteiger partial charge is 0.457 e. The van der Waals surface area contributed by atoms with E-state index in [1.54, 1.807) is 0 Å². The summed E-state index contributed by atoms with van der Waals surface area (Å²) in [5, 5.41) is 0. The summed E-state index contributed by atoms with van der Waals surface area (Å²) in [5.41, 5.74) is 5.39. The summed E-state index contributed by atoms with van der Waals surface area (Å²) in [7, 11) is -4.28. The molecule has 0 fully saturated rings. The molecule has 8 nitrogen and oxygen atoms in total. The molecule has 0 amide bonds. The lowest BCUT2D eigenvalue weighted by molar-refractivity contribution is -0.154. The summed E-state index contributed by atoms with van der Waals surface area (Å²) >= 11 is 0. The van der Waals surface area contributed by atoms with Crippen LogP contribution in [0.1, 0.15) is 271 Å². The van der Waals surface area contributed by atoms with Gasteiger partial charge in [0.05, 0.1) is 19.8 Å². The number of esters is 1. The van der Waals surface area contributed by atoms with Gasteiger partial charge >= 0.3 is 13.8 Å². The molecular weight excluding hydrogens is 794 g/mol. The van der Waals surface area contributed by atoms with E-state index in [0.717, 1.165) is 32.1 Å². The molecule has 62 heavy (non-hydrogen) atoms. The third-order valence-electron chi connectivity index (χ3n) is 11.8. The first-order chi connectivity index (χ1) is 30.4. The van der Waals surface area contributed by atoms with Gasteiger partial charge in [0.2, 0.25) is 0 Å². The molecular formula is C53H104NO7P.